The van der Waals surface area contributed by atoms with Gasteiger partial charge in [0.1, 0.15) is 11.1 Å². The highest BCUT2D eigenvalue weighted by atomic mass is 32.1. The first-order valence-electron chi connectivity index (χ1n) is 7.39. The van der Waals surface area contributed by atoms with E-state index in [1.165, 1.54) is 11.3 Å². The highest BCUT2D eigenvalue weighted by Crippen LogP contribution is 2.25. The molecule has 124 valence electrons. The number of anilines is 2. The number of nitriles is 1. The van der Waals surface area contributed by atoms with Crippen LogP contribution in [0.5, 0.6) is 0 Å². The Morgan fingerprint density at radius 3 is 2.60 bits per heavy atom. The minimum absolute atomic E-state index is 0.0677. The van der Waals surface area contributed by atoms with E-state index in [2.05, 4.69) is 26.0 Å². The van der Waals surface area contributed by atoms with Crippen molar-refractivity contribution >= 4 is 34.9 Å². The van der Waals surface area contributed by atoms with Crippen LogP contribution in [0.2, 0.25) is 0 Å². The number of nitrogens with two attached hydrogens (primary N) is 1. The Balaban J connectivity index is 1.97. The largest absolute Gasteiger partial charge is 0.368 e. The van der Waals surface area contributed by atoms with Crippen molar-refractivity contribution in [1.82, 2.24) is 19.9 Å². The van der Waals surface area contributed by atoms with Gasteiger partial charge in [-0.15, -0.1) is 11.3 Å². The van der Waals surface area contributed by atoms with Gasteiger partial charge in [0.05, 0.1) is 11.3 Å². The molecular weight excluding hydrogens is 334 g/mol. The van der Waals surface area contributed by atoms with Crippen molar-refractivity contribution in [3.05, 3.63) is 47.2 Å². The molecule has 2 N–H and O–H groups in total. The van der Waals surface area contributed by atoms with Gasteiger partial charge in [-0.3, -0.25) is 0 Å². The van der Waals surface area contributed by atoms with Crippen molar-refractivity contribution in [3.8, 4) is 16.6 Å². The predicted octanol–water partition coefficient (Wildman–Crippen LogP) is 2.71. The van der Waals surface area contributed by atoms with Crippen LogP contribution in [-0.4, -0.2) is 34.0 Å². The molecule has 0 spiro atoms. The van der Waals surface area contributed by atoms with Crippen LogP contribution in [0.4, 0.5) is 11.9 Å². The summed E-state index contributed by atoms with van der Waals surface area (Å²) < 4.78 is 0. The Bertz CT molecular complexity index is 955. The monoisotopic (exact) mass is 349 g/mol. The molecule has 7 nitrogen and oxygen atoms in total. The summed E-state index contributed by atoms with van der Waals surface area (Å²) in [4.78, 5) is 18.6. The number of hydrogen-bond acceptors (Lipinski definition) is 8. The molecule has 1 aromatic carbocycles. The average Bonchev–Trinajstić information content (AvgIpc) is 3.08. The Morgan fingerprint density at radius 1 is 1.16 bits per heavy atom. The van der Waals surface area contributed by atoms with E-state index in [1.807, 2.05) is 35.7 Å². The summed E-state index contributed by atoms with van der Waals surface area (Å²) in [5.41, 5.74) is 7.71. The minimum Gasteiger partial charge on any atom is -0.368 e. The lowest BCUT2D eigenvalue weighted by molar-refractivity contribution is 0.952. The molecule has 0 amide bonds. The number of thiazole rings is 1. The highest BCUT2D eigenvalue weighted by molar-refractivity contribution is 7.13. The Morgan fingerprint density at radius 2 is 1.92 bits per heavy atom. The van der Waals surface area contributed by atoms with E-state index >= 15 is 0 Å². The van der Waals surface area contributed by atoms with Gasteiger partial charge in [-0.05, 0) is 6.08 Å². The summed E-state index contributed by atoms with van der Waals surface area (Å²) in [5, 5.41) is 12.3. The fraction of sp³-hybridized carbons (Fsp3) is 0.118. The smallest absolute Gasteiger partial charge is 0.230 e. The van der Waals surface area contributed by atoms with E-state index in [-0.39, 0.29) is 17.3 Å². The summed E-state index contributed by atoms with van der Waals surface area (Å²) in [6.07, 6.45) is 1.65. The van der Waals surface area contributed by atoms with Crippen molar-refractivity contribution in [2.75, 3.05) is 24.7 Å². The molecular formula is C17H15N7S. The molecule has 2 heterocycles. The fourth-order valence-electron chi connectivity index (χ4n) is 2.06. The molecule has 3 rings (SSSR count). The van der Waals surface area contributed by atoms with Crippen molar-refractivity contribution in [3.63, 3.8) is 0 Å². The van der Waals surface area contributed by atoms with Crippen molar-refractivity contribution in [2.24, 2.45) is 0 Å². The number of hydrogen-bond donors (Lipinski definition) is 1. The molecule has 0 saturated heterocycles. The summed E-state index contributed by atoms with van der Waals surface area (Å²) in [6, 6.07) is 12.0. The van der Waals surface area contributed by atoms with Gasteiger partial charge in [-0.1, -0.05) is 30.3 Å². The second kappa shape index (κ2) is 7.07. The maximum absolute atomic E-state index is 9.49. The van der Waals surface area contributed by atoms with E-state index in [4.69, 9.17) is 5.73 Å². The molecule has 0 aliphatic rings. The van der Waals surface area contributed by atoms with Gasteiger partial charge >= 0.3 is 0 Å². The van der Waals surface area contributed by atoms with Gasteiger partial charge in [0.2, 0.25) is 11.9 Å². The van der Waals surface area contributed by atoms with Crippen LogP contribution in [0.1, 0.15) is 11.5 Å². The Hall–Kier alpha value is -3.31. The topological polar surface area (TPSA) is 105 Å². The highest BCUT2D eigenvalue weighted by Gasteiger charge is 2.12. The van der Waals surface area contributed by atoms with Crippen LogP contribution in [0.3, 0.4) is 0 Å². The third-order valence-corrected chi connectivity index (χ3v) is 4.15. The summed E-state index contributed by atoms with van der Waals surface area (Å²) in [6.45, 7) is 0. The minimum atomic E-state index is 0.0677. The summed E-state index contributed by atoms with van der Waals surface area (Å²) in [7, 11) is 3.59. The van der Waals surface area contributed by atoms with Gasteiger partial charge in [-0.25, -0.2) is 4.98 Å². The molecule has 25 heavy (non-hydrogen) atoms. The van der Waals surface area contributed by atoms with Gasteiger partial charge < -0.3 is 10.6 Å². The van der Waals surface area contributed by atoms with Crippen LogP contribution >= 0.6 is 11.3 Å². The first-order chi connectivity index (χ1) is 12.1. The maximum Gasteiger partial charge on any atom is 0.230 e. The molecule has 0 radical (unpaired) electrons. The number of nitrogens with zero attached hydrogens (tertiary/aromatic N) is 6. The molecule has 0 bridgehead atoms. The van der Waals surface area contributed by atoms with Crippen LogP contribution in [0.15, 0.2) is 35.7 Å². The first kappa shape index (κ1) is 16.5. The van der Waals surface area contributed by atoms with Crippen LogP contribution in [-0.2, 0) is 0 Å². The van der Waals surface area contributed by atoms with Crippen LogP contribution in [0, 0.1) is 11.3 Å². The number of rotatable bonds is 4. The number of allylic oxidation sites excluding steroid dienone is 1. The van der Waals surface area contributed by atoms with Gasteiger partial charge in [0.15, 0.2) is 5.82 Å². The standard InChI is InChI=1S/C17H15N7S/c1-24(2)17-22-14(21-16(19)23-17)12(9-18)8-13-10-25-15(20-13)11-6-4-3-5-7-11/h3-8,10H,1-2H3,(H2,19,21,22,23). The SMILES string of the molecule is CN(C)c1nc(N)nc(C(C#N)=Cc2csc(-c3ccccc3)n2)n1. The number of aromatic nitrogens is 4. The van der Waals surface area contributed by atoms with Gasteiger partial charge in [0.25, 0.3) is 0 Å². The van der Waals surface area contributed by atoms with E-state index < -0.39 is 0 Å². The van der Waals surface area contributed by atoms with E-state index in [0.29, 0.717) is 11.6 Å². The molecule has 0 aliphatic carbocycles. The molecule has 0 aliphatic heterocycles. The molecule has 3 aromatic rings. The second-order valence-electron chi connectivity index (χ2n) is 5.33. The predicted molar refractivity (Wildman–Crippen MR) is 99.6 cm³/mol. The summed E-state index contributed by atoms with van der Waals surface area (Å²) in [5.74, 6) is 0.693. The zero-order valence-electron chi connectivity index (χ0n) is 13.7. The number of nitrogen functional groups attached to an aromatic ring is 1. The van der Waals surface area contributed by atoms with Crippen molar-refractivity contribution in [1.29, 1.82) is 5.26 Å². The average molecular weight is 349 g/mol. The molecule has 2 aromatic heterocycles. The third-order valence-electron chi connectivity index (χ3n) is 3.24. The first-order valence-corrected chi connectivity index (χ1v) is 8.27. The molecule has 0 fully saturated rings. The summed E-state index contributed by atoms with van der Waals surface area (Å²) >= 11 is 1.51. The van der Waals surface area contributed by atoms with E-state index in [1.54, 1.807) is 25.1 Å². The fourth-order valence-corrected chi connectivity index (χ4v) is 2.85. The lowest BCUT2D eigenvalue weighted by Crippen LogP contribution is -2.15. The van der Waals surface area contributed by atoms with E-state index in [0.717, 1.165) is 10.6 Å². The van der Waals surface area contributed by atoms with Crippen molar-refractivity contribution < 1.29 is 0 Å². The molecule has 0 unspecified atom stereocenters. The van der Waals surface area contributed by atoms with Gasteiger partial charge in [0, 0.05) is 25.0 Å². The van der Waals surface area contributed by atoms with Crippen LogP contribution < -0.4 is 10.6 Å². The van der Waals surface area contributed by atoms with Gasteiger partial charge in [-0.2, -0.15) is 20.2 Å². The zero-order chi connectivity index (χ0) is 17.8. The lowest BCUT2D eigenvalue weighted by Gasteiger charge is -2.10. The second-order valence-corrected chi connectivity index (χ2v) is 6.18. The van der Waals surface area contributed by atoms with Crippen molar-refractivity contribution in [2.45, 2.75) is 0 Å². The quantitative estimate of drug-likeness (QED) is 0.722. The molecule has 0 saturated carbocycles. The number of benzene rings is 1. The maximum atomic E-state index is 9.49. The zero-order valence-corrected chi connectivity index (χ0v) is 14.5. The normalized spacial score (nSPS) is 11.2. The molecule has 8 heteroatoms. The third kappa shape index (κ3) is 3.79. The lowest BCUT2D eigenvalue weighted by atomic mass is 10.2. The van der Waals surface area contributed by atoms with E-state index in [9.17, 15) is 5.26 Å². The van der Waals surface area contributed by atoms with Crippen LogP contribution in [0.25, 0.3) is 22.2 Å². The molecule has 0 atom stereocenters. The Labute approximate surface area is 149 Å². The Kier molecular flexibility index (Phi) is 4.68.